The SMILES string of the molecule is O=C(CSc1nc(N2CCOCC2)nc(N2CCOCC2)n1)c1ccccc1. The number of ketones is 1. The molecule has 0 aliphatic carbocycles. The van der Waals surface area contributed by atoms with E-state index in [1.807, 2.05) is 30.3 Å². The zero-order valence-electron chi connectivity index (χ0n) is 15.6. The molecule has 0 bridgehead atoms. The maximum absolute atomic E-state index is 12.4. The number of benzene rings is 1. The van der Waals surface area contributed by atoms with Crippen molar-refractivity contribution in [3.8, 4) is 0 Å². The lowest BCUT2D eigenvalue weighted by Gasteiger charge is -2.30. The van der Waals surface area contributed by atoms with Gasteiger partial charge in [-0.2, -0.15) is 15.0 Å². The third-order valence-electron chi connectivity index (χ3n) is 4.61. The van der Waals surface area contributed by atoms with E-state index in [9.17, 15) is 4.79 Å². The minimum atomic E-state index is 0.0619. The fourth-order valence-electron chi connectivity index (χ4n) is 3.05. The largest absolute Gasteiger partial charge is 0.378 e. The maximum Gasteiger partial charge on any atom is 0.231 e. The number of aromatic nitrogens is 3. The van der Waals surface area contributed by atoms with Gasteiger partial charge in [0.15, 0.2) is 10.9 Å². The molecule has 2 saturated heterocycles. The molecule has 0 atom stereocenters. The zero-order valence-corrected chi connectivity index (χ0v) is 16.4. The monoisotopic (exact) mass is 401 g/mol. The lowest BCUT2D eigenvalue weighted by Crippen LogP contribution is -2.40. The number of nitrogens with zero attached hydrogens (tertiary/aromatic N) is 5. The molecule has 8 nitrogen and oxygen atoms in total. The first-order valence-electron chi connectivity index (χ1n) is 9.42. The Labute approximate surface area is 168 Å². The molecule has 0 radical (unpaired) electrons. The Balaban J connectivity index is 1.53. The standard InChI is InChI=1S/C19H23N5O3S/c25-16(15-4-2-1-3-5-15)14-28-19-21-17(23-6-10-26-11-7-23)20-18(22-19)24-8-12-27-13-9-24/h1-5H,6-14H2. The van der Waals surface area contributed by atoms with Gasteiger partial charge in [0.25, 0.3) is 0 Å². The minimum absolute atomic E-state index is 0.0619. The third-order valence-corrected chi connectivity index (χ3v) is 5.45. The van der Waals surface area contributed by atoms with E-state index in [1.54, 1.807) is 0 Å². The molecular weight excluding hydrogens is 378 g/mol. The Morgan fingerprint density at radius 1 is 0.857 bits per heavy atom. The van der Waals surface area contributed by atoms with Crippen molar-refractivity contribution in [1.82, 2.24) is 15.0 Å². The summed E-state index contributed by atoms with van der Waals surface area (Å²) in [7, 11) is 0. The molecule has 0 N–H and O–H groups in total. The van der Waals surface area contributed by atoms with Crippen molar-refractivity contribution in [1.29, 1.82) is 0 Å². The number of morpholine rings is 2. The van der Waals surface area contributed by atoms with Crippen LogP contribution in [0, 0.1) is 0 Å². The van der Waals surface area contributed by atoms with E-state index >= 15 is 0 Å². The predicted molar refractivity (Wildman–Crippen MR) is 107 cm³/mol. The van der Waals surface area contributed by atoms with Gasteiger partial charge in [0.1, 0.15) is 0 Å². The first-order valence-corrected chi connectivity index (χ1v) is 10.4. The molecule has 0 saturated carbocycles. The van der Waals surface area contributed by atoms with Crippen molar-refractivity contribution in [3.05, 3.63) is 35.9 Å². The average molecular weight is 401 g/mol. The number of hydrogen-bond donors (Lipinski definition) is 0. The lowest BCUT2D eigenvalue weighted by atomic mass is 10.2. The summed E-state index contributed by atoms with van der Waals surface area (Å²) >= 11 is 1.35. The van der Waals surface area contributed by atoms with E-state index in [2.05, 4.69) is 24.8 Å². The molecule has 0 amide bonds. The van der Waals surface area contributed by atoms with Crippen molar-refractivity contribution < 1.29 is 14.3 Å². The van der Waals surface area contributed by atoms with Crippen LogP contribution in [0.25, 0.3) is 0 Å². The van der Waals surface area contributed by atoms with Crippen LogP contribution >= 0.6 is 11.8 Å². The Morgan fingerprint density at radius 2 is 1.39 bits per heavy atom. The lowest BCUT2D eigenvalue weighted by molar-refractivity contribution is 0.102. The summed E-state index contributed by atoms with van der Waals surface area (Å²) < 4.78 is 10.9. The molecule has 2 fully saturated rings. The number of ether oxygens (including phenoxy) is 2. The van der Waals surface area contributed by atoms with Crippen LogP contribution in [0.5, 0.6) is 0 Å². The van der Waals surface area contributed by atoms with E-state index in [0.717, 1.165) is 26.2 Å². The molecule has 2 aliphatic heterocycles. The quantitative estimate of drug-likeness (QED) is 0.528. The maximum atomic E-state index is 12.4. The van der Waals surface area contributed by atoms with Gasteiger partial charge in [-0.25, -0.2) is 0 Å². The summed E-state index contributed by atoms with van der Waals surface area (Å²) in [5.74, 6) is 1.65. The van der Waals surface area contributed by atoms with Gasteiger partial charge in [0.2, 0.25) is 11.9 Å². The van der Waals surface area contributed by atoms with Gasteiger partial charge in [-0.1, -0.05) is 42.1 Å². The van der Waals surface area contributed by atoms with Crippen molar-refractivity contribution in [2.75, 3.05) is 68.2 Å². The molecule has 2 aliphatic rings. The molecule has 148 valence electrons. The van der Waals surface area contributed by atoms with Crippen LogP contribution in [0.4, 0.5) is 11.9 Å². The zero-order chi connectivity index (χ0) is 19.2. The number of Topliss-reactive ketones (excluding diaryl/α,β-unsaturated/α-hetero) is 1. The Hall–Kier alpha value is -2.23. The number of anilines is 2. The van der Waals surface area contributed by atoms with Gasteiger partial charge in [0, 0.05) is 31.7 Å². The minimum Gasteiger partial charge on any atom is -0.378 e. The number of carbonyl (C=O) groups excluding carboxylic acids is 1. The second kappa shape index (κ2) is 9.31. The molecule has 9 heteroatoms. The van der Waals surface area contributed by atoms with E-state index in [-0.39, 0.29) is 5.78 Å². The highest BCUT2D eigenvalue weighted by molar-refractivity contribution is 7.99. The van der Waals surface area contributed by atoms with Crippen LogP contribution < -0.4 is 9.80 Å². The Bertz CT molecular complexity index is 759. The summed E-state index contributed by atoms with van der Waals surface area (Å²) in [4.78, 5) is 30.6. The Morgan fingerprint density at radius 3 is 1.93 bits per heavy atom. The summed E-state index contributed by atoms with van der Waals surface area (Å²) in [6.07, 6.45) is 0. The van der Waals surface area contributed by atoms with Crippen molar-refractivity contribution in [2.24, 2.45) is 0 Å². The molecule has 28 heavy (non-hydrogen) atoms. The van der Waals surface area contributed by atoms with Crippen LogP contribution in [-0.2, 0) is 9.47 Å². The topological polar surface area (TPSA) is 80.7 Å². The van der Waals surface area contributed by atoms with Gasteiger partial charge >= 0.3 is 0 Å². The normalized spacial score (nSPS) is 17.6. The van der Waals surface area contributed by atoms with Crippen molar-refractivity contribution >= 4 is 29.4 Å². The van der Waals surface area contributed by atoms with Crippen LogP contribution in [-0.4, -0.2) is 79.1 Å². The molecule has 3 heterocycles. The predicted octanol–water partition coefficient (Wildman–Crippen LogP) is 1.52. The number of thioether (sulfide) groups is 1. The second-order valence-corrected chi connectivity index (χ2v) is 7.44. The highest BCUT2D eigenvalue weighted by Crippen LogP contribution is 2.22. The van der Waals surface area contributed by atoms with E-state index in [1.165, 1.54) is 11.8 Å². The van der Waals surface area contributed by atoms with E-state index in [4.69, 9.17) is 9.47 Å². The third kappa shape index (κ3) is 4.78. The van der Waals surface area contributed by atoms with Gasteiger partial charge in [-0.05, 0) is 0 Å². The fraction of sp³-hybridized carbons (Fsp3) is 0.474. The number of carbonyl (C=O) groups is 1. The second-order valence-electron chi connectivity index (χ2n) is 6.49. The first-order chi connectivity index (χ1) is 13.8. The average Bonchev–Trinajstić information content (AvgIpc) is 2.79. The highest BCUT2D eigenvalue weighted by atomic mass is 32.2. The van der Waals surface area contributed by atoms with Crippen LogP contribution in [0.1, 0.15) is 10.4 Å². The molecule has 1 aromatic carbocycles. The van der Waals surface area contributed by atoms with Crippen LogP contribution in [0.3, 0.4) is 0 Å². The van der Waals surface area contributed by atoms with Gasteiger partial charge < -0.3 is 19.3 Å². The number of hydrogen-bond acceptors (Lipinski definition) is 9. The highest BCUT2D eigenvalue weighted by Gasteiger charge is 2.21. The van der Waals surface area contributed by atoms with Gasteiger partial charge in [0.05, 0.1) is 32.2 Å². The van der Waals surface area contributed by atoms with Gasteiger partial charge in [-0.15, -0.1) is 0 Å². The molecule has 4 rings (SSSR count). The fourth-order valence-corrected chi connectivity index (χ4v) is 3.77. The summed E-state index contributed by atoms with van der Waals surface area (Å²) in [6, 6.07) is 9.30. The summed E-state index contributed by atoms with van der Waals surface area (Å²) in [5, 5.41) is 0.572. The molecule has 1 aromatic heterocycles. The summed E-state index contributed by atoms with van der Waals surface area (Å²) in [5.41, 5.74) is 0.700. The molecule has 0 unspecified atom stereocenters. The molecule has 0 spiro atoms. The molecule has 2 aromatic rings. The first kappa shape index (κ1) is 19.1. The molecular formula is C19H23N5O3S. The van der Waals surface area contributed by atoms with Crippen molar-refractivity contribution in [3.63, 3.8) is 0 Å². The van der Waals surface area contributed by atoms with Crippen LogP contribution in [0.2, 0.25) is 0 Å². The van der Waals surface area contributed by atoms with E-state index in [0.29, 0.717) is 54.8 Å². The van der Waals surface area contributed by atoms with Crippen molar-refractivity contribution in [2.45, 2.75) is 5.16 Å². The number of rotatable bonds is 6. The summed E-state index contributed by atoms with van der Waals surface area (Å²) in [6.45, 7) is 5.64. The smallest absolute Gasteiger partial charge is 0.231 e. The van der Waals surface area contributed by atoms with Gasteiger partial charge in [-0.3, -0.25) is 4.79 Å². The Kier molecular flexibility index (Phi) is 6.35. The van der Waals surface area contributed by atoms with E-state index < -0.39 is 0 Å². The van der Waals surface area contributed by atoms with Crippen LogP contribution in [0.15, 0.2) is 35.5 Å².